The van der Waals surface area contributed by atoms with Gasteiger partial charge in [0.25, 0.3) is 5.56 Å². The number of fused-ring (bicyclic) bond motifs is 1. The quantitative estimate of drug-likeness (QED) is 0.401. The van der Waals surface area contributed by atoms with Crippen molar-refractivity contribution in [2.24, 2.45) is 0 Å². The fourth-order valence-corrected chi connectivity index (χ4v) is 5.03. The fraction of sp³-hybridized carbons (Fsp3) is 0.261. The molecule has 0 aliphatic rings. The number of thiophene rings is 1. The van der Waals surface area contributed by atoms with E-state index in [-0.39, 0.29) is 17.6 Å². The van der Waals surface area contributed by atoms with E-state index in [2.05, 4.69) is 15.3 Å². The number of esters is 1. The molecule has 4 rings (SSSR count). The molecule has 0 aliphatic heterocycles. The maximum absolute atomic E-state index is 13.2. The number of amides is 1. The van der Waals surface area contributed by atoms with E-state index >= 15 is 0 Å². The molecule has 4 aromatic rings. The Morgan fingerprint density at radius 3 is 2.58 bits per heavy atom. The number of nitrogens with zero attached hydrogens (tertiary/aromatic N) is 3. The van der Waals surface area contributed by atoms with Crippen LogP contribution in [0.1, 0.15) is 42.0 Å². The lowest BCUT2D eigenvalue weighted by atomic mass is 10.2. The number of aromatic nitrogens is 3. The largest absolute Gasteiger partial charge is 0.459 e. The summed E-state index contributed by atoms with van der Waals surface area (Å²) >= 11 is 2.42. The van der Waals surface area contributed by atoms with Gasteiger partial charge < -0.3 is 10.1 Å². The molecule has 1 unspecified atom stereocenters. The van der Waals surface area contributed by atoms with Crippen LogP contribution in [0.3, 0.4) is 0 Å². The summed E-state index contributed by atoms with van der Waals surface area (Å²) in [5.41, 5.74) is 1.84. The number of carbonyl (C=O) groups excluding carboxylic acids is 2. The number of ether oxygens (including phenoxy) is 1. The Morgan fingerprint density at radius 2 is 1.88 bits per heavy atom. The lowest BCUT2D eigenvalue weighted by Crippen LogP contribution is -2.31. The second kappa shape index (κ2) is 9.24. The van der Waals surface area contributed by atoms with Crippen LogP contribution in [0.25, 0.3) is 21.5 Å². The van der Waals surface area contributed by atoms with Crippen LogP contribution in [0.4, 0.5) is 5.13 Å². The minimum absolute atomic E-state index is 0.274. The van der Waals surface area contributed by atoms with Gasteiger partial charge in [-0.25, -0.2) is 14.8 Å². The van der Waals surface area contributed by atoms with E-state index in [0.717, 1.165) is 22.6 Å². The van der Waals surface area contributed by atoms with Gasteiger partial charge in [-0.2, -0.15) is 0 Å². The number of hydrogen-bond acceptors (Lipinski definition) is 8. The Balaban J connectivity index is 1.58. The average Bonchev–Trinajstić information content (AvgIpc) is 3.38. The molecule has 10 heteroatoms. The third-order valence-corrected chi connectivity index (χ3v) is 6.94. The number of nitrogens with one attached hydrogen (secondary N) is 1. The van der Waals surface area contributed by atoms with Gasteiger partial charge in [-0.1, -0.05) is 30.3 Å². The summed E-state index contributed by atoms with van der Waals surface area (Å²) in [6, 6.07) is 8.82. The van der Waals surface area contributed by atoms with E-state index in [1.54, 1.807) is 27.7 Å². The van der Waals surface area contributed by atoms with Crippen molar-refractivity contribution in [2.75, 3.05) is 5.32 Å². The van der Waals surface area contributed by atoms with Gasteiger partial charge in [0.1, 0.15) is 15.7 Å². The Bertz CT molecular complexity index is 1390. The summed E-state index contributed by atoms with van der Waals surface area (Å²) in [5, 5.41) is 5.40. The van der Waals surface area contributed by atoms with Crippen molar-refractivity contribution in [3.63, 3.8) is 0 Å². The lowest BCUT2D eigenvalue weighted by Gasteiger charge is -2.13. The Morgan fingerprint density at radius 1 is 1.15 bits per heavy atom. The maximum atomic E-state index is 13.2. The molecule has 33 heavy (non-hydrogen) atoms. The maximum Gasteiger partial charge on any atom is 0.348 e. The zero-order valence-electron chi connectivity index (χ0n) is 18.5. The van der Waals surface area contributed by atoms with Crippen LogP contribution in [0.15, 0.2) is 46.8 Å². The highest BCUT2D eigenvalue weighted by molar-refractivity contribution is 7.20. The minimum atomic E-state index is -0.830. The first-order valence-electron chi connectivity index (χ1n) is 10.3. The molecule has 0 spiro atoms. The molecular weight excluding hydrogens is 460 g/mol. The number of anilines is 1. The number of aryl methyl sites for hydroxylation is 1. The van der Waals surface area contributed by atoms with Gasteiger partial charge in [0.15, 0.2) is 5.13 Å². The third-order valence-electron chi connectivity index (χ3n) is 5.00. The summed E-state index contributed by atoms with van der Waals surface area (Å²) in [6.45, 7) is 6.83. The van der Waals surface area contributed by atoms with Crippen molar-refractivity contribution in [3.05, 3.63) is 62.8 Å². The second-order valence-electron chi connectivity index (χ2n) is 7.72. The van der Waals surface area contributed by atoms with Crippen LogP contribution < -0.4 is 10.9 Å². The summed E-state index contributed by atoms with van der Waals surface area (Å²) in [5.74, 6) is -0.875. The van der Waals surface area contributed by atoms with Gasteiger partial charge in [-0.3, -0.25) is 14.2 Å². The first kappa shape index (κ1) is 22.8. The minimum Gasteiger partial charge on any atom is -0.459 e. The normalized spacial score (nSPS) is 12.2. The standard InChI is InChI=1S/C23H22N4O4S2/c1-12(2)31-22(30)18-13(3)17-20(33-18)24-11-27(21(17)29)14(4)19(28)26-23-25-16(10-32-23)15-8-6-5-7-9-15/h5-12,14H,1-4H3,(H,25,26,28). The molecule has 1 amide bonds. The van der Waals surface area contributed by atoms with Crippen molar-refractivity contribution in [1.82, 2.24) is 14.5 Å². The summed E-state index contributed by atoms with van der Waals surface area (Å²) in [7, 11) is 0. The molecule has 0 saturated heterocycles. The van der Waals surface area contributed by atoms with Crippen LogP contribution >= 0.6 is 22.7 Å². The molecule has 0 radical (unpaired) electrons. The summed E-state index contributed by atoms with van der Waals surface area (Å²) in [6.07, 6.45) is 1.06. The van der Waals surface area contributed by atoms with Gasteiger partial charge >= 0.3 is 5.97 Å². The van der Waals surface area contributed by atoms with Crippen molar-refractivity contribution in [2.45, 2.75) is 39.8 Å². The number of hydrogen-bond donors (Lipinski definition) is 1. The summed E-state index contributed by atoms with van der Waals surface area (Å²) in [4.78, 5) is 48.0. The number of rotatable bonds is 6. The van der Waals surface area contributed by atoms with Crippen LogP contribution in [-0.4, -0.2) is 32.5 Å². The molecule has 0 bridgehead atoms. The van der Waals surface area contributed by atoms with Crippen LogP contribution in [-0.2, 0) is 9.53 Å². The molecule has 1 N–H and O–H groups in total. The molecule has 1 aromatic carbocycles. The van der Waals surface area contributed by atoms with Crippen molar-refractivity contribution < 1.29 is 14.3 Å². The van der Waals surface area contributed by atoms with Crippen molar-refractivity contribution >= 4 is 49.9 Å². The van der Waals surface area contributed by atoms with Gasteiger partial charge in [-0.15, -0.1) is 22.7 Å². The zero-order valence-corrected chi connectivity index (χ0v) is 20.1. The van der Waals surface area contributed by atoms with Crippen molar-refractivity contribution in [3.8, 4) is 11.3 Å². The average molecular weight is 483 g/mol. The van der Waals surface area contributed by atoms with Crippen LogP contribution in [0, 0.1) is 6.92 Å². The highest BCUT2D eigenvalue weighted by Crippen LogP contribution is 2.29. The predicted octanol–water partition coefficient (Wildman–Crippen LogP) is 4.65. The first-order valence-corrected chi connectivity index (χ1v) is 12.0. The first-order chi connectivity index (χ1) is 15.8. The van der Waals surface area contributed by atoms with Crippen molar-refractivity contribution in [1.29, 1.82) is 0 Å². The number of benzene rings is 1. The van der Waals surface area contributed by atoms with Crippen LogP contribution in [0.5, 0.6) is 0 Å². The zero-order chi connectivity index (χ0) is 23.7. The van der Waals surface area contributed by atoms with E-state index in [0.29, 0.717) is 25.8 Å². The smallest absolute Gasteiger partial charge is 0.348 e. The highest BCUT2D eigenvalue weighted by Gasteiger charge is 2.24. The number of carbonyl (C=O) groups is 2. The third kappa shape index (κ3) is 4.57. The molecule has 0 fully saturated rings. The van der Waals surface area contributed by atoms with E-state index in [1.165, 1.54) is 22.2 Å². The van der Waals surface area contributed by atoms with Gasteiger partial charge in [0.05, 0.1) is 23.5 Å². The van der Waals surface area contributed by atoms with Gasteiger partial charge in [-0.05, 0) is 33.3 Å². The van der Waals surface area contributed by atoms with E-state index in [4.69, 9.17) is 4.74 Å². The lowest BCUT2D eigenvalue weighted by molar-refractivity contribution is -0.118. The molecule has 3 aromatic heterocycles. The molecule has 8 nitrogen and oxygen atoms in total. The monoisotopic (exact) mass is 482 g/mol. The highest BCUT2D eigenvalue weighted by atomic mass is 32.1. The van der Waals surface area contributed by atoms with Crippen LogP contribution in [0.2, 0.25) is 0 Å². The summed E-state index contributed by atoms with van der Waals surface area (Å²) < 4.78 is 6.53. The molecule has 0 aliphatic carbocycles. The Kier molecular flexibility index (Phi) is 6.39. The molecule has 0 saturated carbocycles. The topological polar surface area (TPSA) is 103 Å². The van der Waals surface area contributed by atoms with E-state index in [1.807, 2.05) is 35.7 Å². The van der Waals surface area contributed by atoms with E-state index < -0.39 is 12.0 Å². The van der Waals surface area contributed by atoms with E-state index in [9.17, 15) is 14.4 Å². The molecule has 3 heterocycles. The van der Waals surface area contributed by atoms with Gasteiger partial charge in [0, 0.05) is 10.9 Å². The Labute approximate surface area is 197 Å². The molecule has 170 valence electrons. The second-order valence-corrected chi connectivity index (χ2v) is 9.57. The SMILES string of the molecule is Cc1c(C(=O)OC(C)C)sc2ncn(C(C)C(=O)Nc3nc(-c4ccccc4)cs3)c(=O)c12. The molecule has 1 atom stereocenters. The fourth-order valence-electron chi connectivity index (χ4n) is 3.28. The number of thiazole rings is 1. The van der Waals surface area contributed by atoms with Gasteiger partial charge in [0.2, 0.25) is 5.91 Å². The molecular formula is C23H22N4O4S2. The Hall–Kier alpha value is -3.37. The predicted molar refractivity (Wildman–Crippen MR) is 130 cm³/mol.